The molecule has 0 saturated heterocycles. The number of carbonyl (C=O) groups excluding carboxylic acids is 2. The van der Waals surface area contributed by atoms with Gasteiger partial charge in [-0.2, -0.15) is 4.98 Å². The summed E-state index contributed by atoms with van der Waals surface area (Å²) >= 11 is 0. The molecule has 2 aliphatic rings. The number of rotatable bonds is 10. The Balaban J connectivity index is 1.29. The highest BCUT2D eigenvalue weighted by atomic mass is 19.1. The van der Waals surface area contributed by atoms with Gasteiger partial charge in [0.15, 0.2) is 0 Å². The number of halogens is 1. The maximum Gasteiger partial charge on any atom is 0.246 e. The van der Waals surface area contributed by atoms with E-state index in [2.05, 4.69) is 37.8 Å². The van der Waals surface area contributed by atoms with Crippen LogP contribution in [0.3, 0.4) is 0 Å². The Morgan fingerprint density at radius 2 is 1.87 bits per heavy atom. The van der Waals surface area contributed by atoms with Crippen LogP contribution in [-0.4, -0.2) is 77.4 Å². The van der Waals surface area contributed by atoms with Crippen LogP contribution in [-0.2, 0) is 9.59 Å². The maximum absolute atomic E-state index is 13.2. The Kier molecular flexibility index (Phi) is 9.15. The van der Waals surface area contributed by atoms with E-state index in [1.54, 1.807) is 38.4 Å². The van der Waals surface area contributed by atoms with Crippen LogP contribution < -0.4 is 16.0 Å². The number of hydrogen-bond acceptors (Lipinski definition) is 7. The molecular formula is C29H36FN7O2. The molecule has 0 spiro atoms. The number of anilines is 3. The third-order valence-corrected chi connectivity index (χ3v) is 6.74. The lowest BCUT2D eigenvalue weighted by molar-refractivity contribution is -0.135. The van der Waals surface area contributed by atoms with E-state index < -0.39 is 6.04 Å². The minimum absolute atomic E-state index is 0.0367. The number of nitrogens with zero attached hydrogens (tertiary/aromatic N) is 4. The fraction of sp³-hybridized carbons (Fsp3) is 0.448. The molecule has 1 aromatic carbocycles. The van der Waals surface area contributed by atoms with Gasteiger partial charge in [0.1, 0.15) is 17.7 Å². The van der Waals surface area contributed by atoms with E-state index in [-0.39, 0.29) is 29.6 Å². The molecular weight excluding hydrogens is 497 g/mol. The van der Waals surface area contributed by atoms with Gasteiger partial charge in [-0.15, -0.1) is 0 Å². The van der Waals surface area contributed by atoms with E-state index in [4.69, 9.17) is 0 Å². The fourth-order valence-electron chi connectivity index (χ4n) is 3.93. The molecule has 10 heteroatoms. The first kappa shape index (κ1) is 28.0. The SMILES string of the molecule is CC(C(=O)NC1CC(C#Cc2cnc(Nc3ccc(F)cc3)nc2NC2CC2)C1)N(C)C(=O)C=CCN(C)C. The summed E-state index contributed by atoms with van der Waals surface area (Å²) in [6.07, 6.45) is 8.66. The smallest absolute Gasteiger partial charge is 0.246 e. The molecule has 1 heterocycles. The zero-order valence-corrected chi connectivity index (χ0v) is 22.9. The van der Waals surface area contributed by atoms with Gasteiger partial charge >= 0.3 is 0 Å². The molecule has 1 atom stereocenters. The molecule has 2 saturated carbocycles. The van der Waals surface area contributed by atoms with Crippen LogP contribution >= 0.6 is 0 Å². The van der Waals surface area contributed by atoms with Gasteiger partial charge in [0, 0.05) is 43.4 Å². The highest BCUT2D eigenvalue weighted by Gasteiger charge is 2.31. The standard InChI is InChI=1S/C29H36FN7O2/c1-19(37(4)26(38)6-5-15-36(2)3)28(39)33-25-16-20(17-25)7-8-21-18-31-29(35-27(21)32-23-13-14-23)34-24-11-9-22(30)10-12-24/h5-6,9-12,18-20,23,25H,13-17H2,1-4H3,(H,33,39)(H2,31,32,34,35). The molecule has 0 bridgehead atoms. The summed E-state index contributed by atoms with van der Waals surface area (Å²) in [6.45, 7) is 2.39. The minimum atomic E-state index is -0.568. The lowest BCUT2D eigenvalue weighted by Crippen LogP contribution is -2.51. The normalized spacial score (nSPS) is 19.0. The number of benzene rings is 1. The average Bonchev–Trinajstić information content (AvgIpc) is 3.70. The molecule has 206 valence electrons. The van der Waals surface area contributed by atoms with Crippen molar-refractivity contribution in [2.75, 3.05) is 38.3 Å². The van der Waals surface area contributed by atoms with E-state index in [1.807, 2.05) is 19.0 Å². The molecule has 2 amide bonds. The van der Waals surface area contributed by atoms with Crippen LogP contribution in [0.2, 0.25) is 0 Å². The monoisotopic (exact) mass is 533 g/mol. The van der Waals surface area contributed by atoms with Gasteiger partial charge in [-0.05, 0) is 71.0 Å². The number of hydrogen-bond donors (Lipinski definition) is 3. The molecule has 0 aliphatic heterocycles. The molecule has 2 fully saturated rings. The highest BCUT2D eigenvalue weighted by molar-refractivity contribution is 5.92. The number of carbonyl (C=O) groups is 2. The van der Waals surface area contributed by atoms with Gasteiger partial charge in [0.25, 0.3) is 0 Å². The lowest BCUT2D eigenvalue weighted by atomic mass is 9.80. The second-order valence-corrected chi connectivity index (χ2v) is 10.4. The fourth-order valence-corrected chi connectivity index (χ4v) is 3.93. The Labute approximate surface area is 229 Å². The van der Waals surface area contributed by atoms with Crippen molar-refractivity contribution >= 4 is 29.3 Å². The quantitative estimate of drug-likeness (QED) is 0.319. The van der Waals surface area contributed by atoms with Crippen molar-refractivity contribution in [2.45, 2.75) is 50.7 Å². The zero-order valence-electron chi connectivity index (χ0n) is 22.9. The first-order chi connectivity index (χ1) is 18.7. The van der Waals surface area contributed by atoms with Crippen molar-refractivity contribution in [3.63, 3.8) is 0 Å². The largest absolute Gasteiger partial charge is 0.366 e. The maximum atomic E-state index is 13.2. The van der Waals surface area contributed by atoms with Crippen molar-refractivity contribution in [1.29, 1.82) is 0 Å². The summed E-state index contributed by atoms with van der Waals surface area (Å²) in [5.74, 6) is 7.07. The minimum Gasteiger partial charge on any atom is -0.366 e. The van der Waals surface area contributed by atoms with Crippen molar-refractivity contribution in [1.82, 2.24) is 25.1 Å². The lowest BCUT2D eigenvalue weighted by Gasteiger charge is -2.34. The Morgan fingerprint density at radius 3 is 2.54 bits per heavy atom. The molecule has 2 aromatic rings. The Hall–Kier alpha value is -3.97. The molecule has 2 aliphatic carbocycles. The molecule has 1 unspecified atom stereocenters. The first-order valence-corrected chi connectivity index (χ1v) is 13.2. The van der Waals surface area contributed by atoms with Gasteiger partial charge in [0.05, 0.1) is 11.8 Å². The van der Waals surface area contributed by atoms with Gasteiger partial charge in [-0.25, -0.2) is 9.37 Å². The van der Waals surface area contributed by atoms with E-state index in [0.717, 1.165) is 31.2 Å². The number of nitrogens with one attached hydrogen (secondary N) is 3. The Bertz CT molecular complexity index is 1260. The van der Waals surface area contributed by atoms with Gasteiger partial charge in [-0.1, -0.05) is 17.9 Å². The topological polar surface area (TPSA) is 102 Å². The van der Waals surface area contributed by atoms with Crippen LogP contribution in [0.4, 0.5) is 21.8 Å². The summed E-state index contributed by atoms with van der Waals surface area (Å²) in [7, 11) is 5.49. The molecule has 39 heavy (non-hydrogen) atoms. The van der Waals surface area contributed by atoms with Crippen LogP contribution in [0.5, 0.6) is 0 Å². The van der Waals surface area contributed by atoms with Crippen molar-refractivity contribution in [2.24, 2.45) is 5.92 Å². The van der Waals surface area contributed by atoms with Crippen molar-refractivity contribution in [3.05, 3.63) is 54.0 Å². The number of likely N-dealkylation sites (N-methyl/N-ethyl adjacent to an activating group) is 2. The molecule has 9 nitrogen and oxygen atoms in total. The van der Waals surface area contributed by atoms with Crippen LogP contribution in [0.25, 0.3) is 0 Å². The van der Waals surface area contributed by atoms with E-state index >= 15 is 0 Å². The molecule has 1 aromatic heterocycles. The van der Waals surface area contributed by atoms with Gasteiger partial charge in [0.2, 0.25) is 17.8 Å². The van der Waals surface area contributed by atoms with E-state index in [0.29, 0.717) is 30.0 Å². The van der Waals surface area contributed by atoms with E-state index in [9.17, 15) is 14.0 Å². The van der Waals surface area contributed by atoms with Gasteiger partial charge in [-0.3, -0.25) is 9.59 Å². The first-order valence-electron chi connectivity index (χ1n) is 13.2. The average molecular weight is 534 g/mol. The van der Waals surface area contributed by atoms with Crippen LogP contribution in [0, 0.1) is 23.6 Å². The third kappa shape index (κ3) is 8.26. The Morgan fingerprint density at radius 1 is 1.15 bits per heavy atom. The highest BCUT2D eigenvalue weighted by Crippen LogP contribution is 2.29. The molecule has 0 radical (unpaired) electrons. The summed E-state index contributed by atoms with van der Waals surface area (Å²) in [5.41, 5.74) is 1.41. The molecule has 4 rings (SSSR count). The van der Waals surface area contributed by atoms with Crippen LogP contribution in [0.1, 0.15) is 38.2 Å². The number of amides is 2. The number of aromatic nitrogens is 2. The van der Waals surface area contributed by atoms with Crippen molar-refractivity contribution < 1.29 is 14.0 Å². The van der Waals surface area contributed by atoms with Crippen LogP contribution in [0.15, 0.2) is 42.6 Å². The summed E-state index contributed by atoms with van der Waals surface area (Å²) < 4.78 is 13.2. The summed E-state index contributed by atoms with van der Waals surface area (Å²) in [4.78, 5) is 37.4. The van der Waals surface area contributed by atoms with E-state index in [1.165, 1.54) is 23.1 Å². The third-order valence-electron chi connectivity index (χ3n) is 6.74. The predicted octanol–water partition coefficient (Wildman–Crippen LogP) is 3.14. The predicted molar refractivity (Wildman–Crippen MR) is 150 cm³/mol. The summed E-state index contributed by atoms with van der Waals surface area (Å²) in [6, 6.07) is 5.87. The van der Waals surface area contributed by atoms with Crippen molar-refractivity contribution in [3.8, 4) is 11.8 Å². The molecule has 3 N–H and O–H groups in total. The second-order valence-electron chi connectivity index (χ2n) is 10.4. The zero-order chi connectivity index (χ0) is 27.9. The van der Waals surface area contributed by atoms with Gasteiger partial charge < -0.3 is 25.8 Å². The summed E-state index contributed by atoms with van der Waals surface area (Å²) in [5, 5.41) is 9.54. The second kappa shape index (κ2) is 12.7.